The Morgan fingerprint density at radius 1 is 1.35 bits per heavy atom. The van der Waals surface area contributed by atoms with E-state index in [-0.39, 0.29) is 0 Å². The number of carboxylic acids is 1. The Kier molecular flexibility index (Phi) is 4.64. The number of hydrogen-bond donors (Lipinski definition) is 2. The normalized spacial score (nSPS) is 13.8. The number of halogens is 3. The molecule has 0 amide bonds. The molecule has 1 aromatic carbocycles. The summed E-state index contributed by atoms with van der Waals surface area (Å²) < 4.78 is 54.2. The van der Waals surface area contributed by atoms with Gasteiger partial charge in [-0.25, -0.2) is 13.2 Å². The molecule has 1 heterocycles. The van der Waals surface area contributed by atoms with Gasteiger partial charge in [-0.3, -0.25) is 0 Å². The summed E-state index contributed by atoms with van der Waals surface area (Å²) in [6, 6.07) is 5.23. The van der Waals surface area contributed by atoms with E-state index >= 15 is 0 Å². The lowest BCUT2D eigenvalue weighted by atomic mass is 10.2. The summed E-state index contributed by atoms with van der Waals surface area (Å²) in [7, 11) is -3.05. The van der Waals surface area contributed by atoms with Crippen molar-refractivity contribution in [3.63, 3.8) is 0 Å². The van der Waals surface area contributed by atoms with Gasteiger partial charge in [0.1, 0.15) is 0 Å². The van der Waals surface area contributed by atoms with Gasteiger partial charge < -0.3 is 10.4 Å². The van der Waals surface area contributed by atoms with E-state index in [9.17, 15) is 21.6 Å². The maximum atomic E-state index is 11.2. The second kappa shape index (κ2) is 5.70. The quantitative estimate of drug-likeness (QED) is 0.824. The summed E-state index contributed by atoms with van der Waals surface area (Å²) in [4.78, 5) is 9.31. The smallest absolute Gasteiger partial charge is 0.475 e. The molecule has 2 N–H and O–H groups in total. The van der Waals surface area contributed by atoms with E-state index in [1.165, 1.54) is 6.26 Å². The maximum absolute atomic E-state index is 11.2. The Balaban J connectivity index is 0.000000246. The van der Waals surface area contributed by atoms with Crippen molar-refractivity contribution in [3.05, 3.63) is 23.8 Å². The van der Waals surface area contributed by atoms with Crippen LogP contribution in [0.3, 0.4) is 0 Å². The molecule has 0 bridgehead atoms. The maximum Gasteiger partial charge on any atom is 0.490 e. The molecule has 5 nitrogen and oxygen atoms in total. The molecule has 0 radical (unpaired) electrons. The molecule has 1 aliphatic heterocycles. The third-order valence-corrected chi connectivity index (χ3v) is 3.57. The van der Waals surface area contributed by atoms with Gasteiger partial charge >= 0.3 is 12.1 Å². The second-order valence-corrected chi connectivity index (χ2v) is 6.09. The number of benzene rings is 1. The van der Waals surface area contributed by atoms with Crippen molar-refractivity contribution in [1.29, 1.82) is 0 Å². The third kappa shape index (κ3) is 4.41. The van der Waals surface area contributed by atoms with Gasteiger partial charge in [0.05, 0.1) is 4.90 Å². The first-order chi connectivity index (χ1) is 9.01. The first kappa shape index (κ1) is 16.3. The molecule has 2 rings (SSSR count). The number of carboxylic acid groups (broad SMARTS) is 1. The van der Waals surface area contributed by atoms with E-state index in [0.717, 1.165) is 24.2 Å². The number of alkyl halides is 3. The number of hydrogen-bond acceptors (Lipinski definition) is 4. The number of anilines is 1. The van der Waals surface area contributed by atoms with Crippen molar-refractivity contribution < 1.29 is 31.5 Å². The molecular weight excluding hydrogens is 299 g/mol. The Morgan fingerprint density at radius 3 is 2.35 bits per heavy atom. The molecule has 0 saturated heterocycles. The van der Waals surface area contributed by atoms with Crippen molar-refractivity contribution in [2.75, 3.05) is 18.1 Å². The summed E-state index contributed by atoms with van der Waals surface area (Å²) in [6.07, 6.45) is -2.93. The summed E-state index contributed by atoms with van der Waals surface area (Å²) in [6.45, 7) is 0.905. The average Bonchev–Trinajstić information content (AvgIpc) is 2.73. The third-order valence-electron chi connectivity index (χ3n) is 2.46. The van der Waals surface area contributed by atoms with Gasteiger partial charge in [-0.05, 0) is 30.2 Å². The molecule has 112 valence electrons. The Morgan fingerprint density at radius 2 is 1.90 bits per heavy atom. The highest BCUT2D eigenvalue weighted by atomic mass is 32.2. The van der Waals surface area contributed by atoms with Crippen LogP contribution in [0.15, 0.2) is 23.1 Å². The largest absolute Gasteiger partial charge is 0.490 e. The Hall–Kier alpha value is -1.77. The molecule has 1 aliphatic rings. The van der Waals surface area contributed by atoms with E-state index in [0.29, 0.717) is 4.90 Å². The predicted molar refractivity (Wildman–Crippen MR) is 65.4 cm³/mol. The van der Waals surface area contributed by atoms with Crippen LogP contribution in [0.25, 0.3) is 0 Å². The summed E-state index contributed by atoms with van der Waals surface area (Å²) in [5.41, 5.74) is 2.16. The van der Waals surface area contributed by atoms with E-state index in [4.69, 9.17) is 9.90 Å². The number of fused-ring (bicyclic) bond motifs is 1. The summed E-state index contributed by atoms with van der Waals surface area (Å²) in [5.74, 6) is -2.76. The highest BCUT2D eigenvalue weighted by Crippen LogP contribution is 2.24. The van der Waals surface area contributed by atoms with Crippen LogP contribution >= 0.6 is 0 Å². The van der Waals surface area contributed by atoms with Crippen LogP contribution in [0.4, 0.5) is 18.9 Å². The van der Waals surface area contributed by atoms with Gasteiger partial charge in [0.2, 0.25) is 0 Å². The van der Waals surface area contributed by atoms with Crippen molar-refractivity contribution >= 4 is 21.5 Å². The molecule has 20 heavy (non-hydrogen) atoms. The fourth-order valence-electron chi connectivity index (χ4n) is 1.51. The van der Waals surface area contributed by atoms with Gasteiger partial charge in [0, 0.05) is 18.5 Å². The van der Waals surface area contributed by atoms with Gasteiger partial charge in [-0.15, -0.1) is 0 Å². The fourth-order valence-corrected chi connectivity index (χ4v) is 2.18. The summed E-state index contributed by atoms with van der Waals surface area (Å²) >= 11 is 0. The standard InChI is InChI=1S/C9H11NO2S.C2HF3O2/c1-13(11,12)8-2-3-9-7(6-8)4-5-10-9;3-2(4,5)1(6)7/h2-3,6,10H,4-5H2,1H3;(H,6,7). The fraction of sp³-hybridized carbons (Fsp3) is 0.364. The lowest BCUT2D eigenvalue weighted by molar-refractivity contribution is -0.192. The van der Waals surface area contributed by atoms with Crippen LogP contribution in [0, 0.1) is 0 Å². The number of carbonyl (C=O) groups is 1. The molecular formula is C11H12F3NO4S. The molecule has 1 aromatic rings. The number of nitrogens with one attached hydrogen (secondary N) is 1. The van der Waals surface area contributed by atoms with Crippen molar-refractivity contribution in [1.82, 2.24) is 0 Å². The lowest BCUT2D eigenvalue weighted by Crippen LogP contribution is -2.21. The lowest BCUT2D eigenvalue weighted by Gasteiger charge is -2.02. The Bertz CT molecular complexity index is 611. The minimum Gasteiger partial charge on any atom is -0.475 e. The molecule has 9 heteroatoms. The SMILES string of the molecule is CS(=O)(=O)c1ccc2c(c1)CCN2.O=C(O)C(F)(F)F. The zero-order chi connectivity index (χ0) is 15.6. The first-order valence-corrected chi connectivity index (χ1v) is 7.28. The molecule has 0 atom stereocenters. The molecule has 0 unspecified atom stereocenters. The van der Waals surface area contributed by atoms with Crippen LogP contribution in [0.2, 0.25) is 0 Å². The molecule has 0 spiro atoms. The molecule has 0 aliphatic carbocycles. The highest BCUT2D eigenvalue weighted by Gasteiger charge is 2.38. The van der Waals surface area contributed by atoms with Crippen molar-refractivity contribution in [2.24, 2.45) is 0 Å². The van der Waals surface area contributed by atoms with Crippen molar-refractivity contribution in [2.45, 2.75) is 17.5 Å². The van der Waals surface area contributed by atoms with Crippen LogP contribution in [-0.4, -0.2) is 38.5 Å². The van der Waals surface area contributed by atoms with E-state index in [2.05, 4.69) is 5.32 Å². The van der Waals surface area contributed by atoms with Gasteiger partial charge in [0.15, 0.2) is 9.84 Å². The zero-order valence-corrected chi connectivity index (χ0v) is 11.2. The topological polar surface area (TPSA) is 83.5 Å². The average molecular weight is 311 g/mol. The molecule has 0 aromatic heterocycles. The first-order valence-electron chi connectivity index (χ1n) is 5.39. The van der Waals surface area contributed by atoms with Crippen LogP contribution in [0.5, 0.6) is 0 Å². The van der Waals surface area contributed by atoms with Gasteiger partial charge in [-0.2, -0.15) is 13.2 Å². The molecule has 0 saturated carbocycles. The molecule has 0 fully saturated rings. The van der Waals surface area contributed by atoms with Crippen LogP contribution in [0.1, 0.15) is 5.56 Å². The predicted octanol–water partition coefficient (Wildman–Crippen LogP) is 1.69. The summed E-state index contributed by atoms with van der Waals surface area (Å²) in [5, 5.41) is 10.3. The van der Waals surface area contributed by atoms with Crippen LogP contribution < -0.4 is 5.32 Å². The highest BCUT2D eigenvalue weighted by molar-refractivity contribution is 7.90. The van der Waals surface area contributed by atoms with E-state index in [1.807, 2.05) is 6.07 Å². The Labute approximate surface area is 113 Å². The van der Waals surface area contributed by atoms with Gasteiger partial charge in [-0.1, -0.05) is 0 Å². The van der Waals surface area contributed by atoms with Gasteiger partial charge in [0.25, 0.3) is 0 Å². The number of rotatable bonds is 1. The minimum atomic E-state index is -5.08. The van der Waals surface area contributed by atoms with Crippen LogP contribution in [-0.2, 0) is 21.1 Å². The second-order valence-electron chi connectivity index (χ2n) is 4.07. The number of sulfone groups is 1. The van der Waals surface area contributed by atoms with Crippen molar-refractivity contribution in [3.8, 4) is 0 Å². The van der Waals surface area contributed by atoms with E-state index < -0.39 is 22.0 Å². The minimum absolute atomic E-state index is 0.412. The number of aliphatic carboxylic acids is 1. The zero-order valence-electron chi connectivity index (χ0n) is 10.4. The monoisotopic (exact) mass is 311 g/mol. The van der Waals surface area contributed by atoms with E-state index in [1.54, 1.807) is 12.1 Å².